The van der Waals surface area contributed by atoms with Crippen LogP contribution >= 0.6 is 0 Å². The van der Waals surface area contributed by atoms with Gasteiger partial charge in [0.25, 0.3) is 0 Å². The molecule has 1 aromatic carbocycles. The van der Waals surface area contributed by atoms with E-state index in [2.05, 4.69) is 24.4 Å². The molecule has 18 heavy (non-hydrogen) atoms. The Morgan fingerprint density at radius 1 is 1.11 bits per heavy atom. The molecule has 102 valence electrons. The van der Waals surface area contributed by atoms with E-state index < -0.39 is 0 Å². The van der Waals surface area contributed by atoms with Gasteiger partial charge in [-0.05, 0) is 30.7 Å². The summed E-state index contributed by atoms with van der Waals surface area (Å²) in [6.07, 6.45) is 1.15. The molecule has 0 aliphatic rings. The van der Waals surface area contributed by atoms with E-state index >= 15 is 0 Å². The summed E-state index contributed by atoms with van der Waals surface area (Å²) >= 11 is 0. The summed E-state index contributed by atoms with van der Waals surface area (Å²) in [5, 5.41) is 11.9. The number of aliphatic hydroxyl groups is 1. The third-order valence-corrected chi connectivity index (χ3v) is 2.41. The van der Waals surface area contributed by atoms with E-state index in [-0.39, 0.29) is 6.61 Å². The molecule has 1 aromatic rings. The highest BCUT2D eigenvalue weighted by Gasteiger charge is 1.96. The van der Waals surface area contributed by atoms with E-state index in [0.717, 1.165) is 25.3 Å². The molecule has 1 rings (SSSR count). The first-order valence-corrected chi connectivity index (χ1v) is 6.48. The Kier molecular flexibility index (Phi) is 8.21. The second kappa shape index (κ2) is 9.88. The van der Waals surface area contributed by atoms with Crippen LogP contribution in [0.2, 0.25) is 0 Å². The van der Waals surface area contributed by atoms with Crippen molar-refractivity contribution < 1.29 is 14.6 Å². The number of ether oxygens (including phenoxy) is 2. The average Bonchev–Trinajstić information content (AvgIpc) is 2.40. The molecular formula is C14H23NO3. The molecule has 0 fully saturated rings. The first-order valence-electron chi connectivity index (χ1n) is 6.48. The van der Waals surface area contributed by atoms with E-state index in [9.17, 15) is 0 Å². The highest BCUT2D eigenvalue weighted by Crippen LogP contribution is 2.11. The van der Waals surface area contributed by atoms with E-state index in [1.165, 1.54) is 5.56 Å². The molecule has 0 spiro atoms. The summed E-state index contributed by atoms with van der Waals surface area (Å²) in [5.74, 6) is 0.849. The van der Waals surface area contributed by atoms with Crippen LogP contribution in [-0.4, -0.2) is 38.1 Å². The summed E-state index contributed by atoms with van der Waals surface area (Å²) in [7, 11) is 0. The van der Waals surface area contributed by atoms with Gasteiger partial charge in [0.15, 0.2) is 0 Å². The van der Waals surface area contributed by atoms with Crippen LogP contribution in [0, 0.1) is 0 Å². The van der Waals surface area contributed by atoms with Gasteiger partial charge in [-0.3, -0.25) is 0 Å². The van der Waals surface area contributed by atoms with Gasteiger partial charge in [0.05, 0.1) is 19.8 Å². The van der Waals surface area contributed by atoms with Crippen molar-refractivity contribution in [3.05, 3.63) is 29.8 Å². The normalized spacial score (nSPS) is 10.6. The maximum absolute atomic E-state index is 8.53. The minimum absolute atomic E-state index is 0.0550. The lowest BCUT2D eigenvalue weighted by Crippen LogP contribution is -2.13. The molecule has 0 saturated heterocycles. The predicted octanol–water partition coefficient (Wildman–Crippen LogP) is 1.57. The van der Waals surface area contributed by atoms with Crippen LogP contribution in [0.4, 0.5) is 0 Å². The van der Waals surface area contributed by atoms with Gasteiger partial charge in [-0.25, -0.2) is 0 Å². The topological polar surface area (TPSA) is 50.7 Å². The number of hydrogen-bond donors (Lipinski definition) is 2. The Labute approximate surface area is 109 Å². The lowest BCUT2D eigenvalue weighted by molar-refractivity contribution is 0.0705. The standard InChI is InChI=1S/C14H23NO3/c1-2-7-15-12-13-3-5-14(6-4-13)18-11-10-17-9-8-16/h3-6,15-16H,2,7-12H2,1H3. The fourth-order valence-corrected chi connectivity index (χ4v) is 1.50. The van der Waals surface area contributed by atoms with Crippen molar-refractivity contribution in [2.45, 2.75) is 19.9 Å². The number of nitrogens with one attached hydrogen (secondary N) is 1. The number of rotatable bonds is 10. The number of aliphatic hydroxyl groups excluding tert-OH is 1. The maximum Gasteiger partial charge on any atom is 0.119 e. The molecule has 0 aliphatic carbocycles. The smallest absolute Gasteiger partial charge is 0.119 e. The molecule has 0 aliphatic heterocycles. The molecule has 2 N–H and O–H groups in total. The number of hydrogen-bond acceptors (Lipinski definition) is 4. The lowest BCUT2D eigenvalue weighted by Gasteiger charge is -2.08. The van der Waals surface area contributed by atoms with Gasteiger partial charge in [-0.1, -0.05) is 19.1 Å². The van der Waals surface area contributed by atoms with E-state index in [4.69, 9.17) is 14.6 Å². The SMILES string of the molecule is CCCNCc1ccc(OCCOCCO)cc1. The Hall–Kier alpha value is -1.10. The highest BCUT2D eigenvalue weighted by molar-refractivity contribution is 5.27. The van der Waals surface area contributed by atoms with Gasteiger partial charge in [-0.15, -0.1) is 0 Å². The minimum Gasteiger partial charge on any atom is -0.491 e. The van der Waals surface area contributed by atoms with Gasteiger partial charge < -0.3 is 19.9 Å². The molecule has 0 unspecified atom stereocenters. The van der Waals surface area contributed by atoms with E-state index in [1.807, 2.05) is 12.1 Å². The average molecular weight is 253 g/mol. The summed E-state index contributed by atoms with van der Waals surface area (Å²) in [6.45, 7) is 5.52. The van der Waals surface area contributed by atoms with Crippen LogP contribution in [0.25, 0.3) is 0 Å². The number of benzene rings is 1. The second-order valence-electron chi connectivity index (χ2n) is 4.01. The van der Waals surface area contributed by atoms with Gasteiger partial charge in [0.2, 0.25) is 0 Å². The Bertz CT molecular complexity index is 300. The van der Waals surface area contributed by atoms with Crippen molar-refractivity contribution >= 4 is 0 Å². The molecule has 0 amide bonds. The maximum atomic E-state index is 8.53. The molecule has 0 heterocycles. The zero-order chi connectivity index (χ0) is 13.1. The summed E-state index contributed by atoms with van der Waals surface area (Å²) in [5.41, 5.74) is 1.26. The first-order chi connectivity index (χ1) is 8.86. The fourth-order valence-electron chi connectivity index (χ4n) is 1.50. The summed E-state index contributed by atoms with van der Waals surface area (Å²) in [4.78, 5) is 0. The Morgan fingerprint density at radius 3 is 2.56 bits per heavy atom. The van der Waals surface area contributed by atoms with Gasteiger partial charge in [0, 0.05) is 6.54 Å². The van der Waals surface area contributed by atoms with Gasteiger partial charge in [-0.2, -0.15) is 0 Å². The van der Waals surface area contributed by atoms with Gasteiger partial charge in [0.1, 0.15) is 12.4 Å². The van der Waals surface area contributed by atoms with Crippen molar-refractivity contribution in [3.63, 3.8) is 0 Å². The molecule has 0 aromatic heterocycles. The van der Waals surface area contributed by atoms with Crippen LogP contribution in [0.15, 0.2) is 24.3 Å². The summed E-state index contributed by atoms with van der Waals surface area (Å²) < 4.78 is 10.6. The van der Waals surface area contributed by atoms with Crippen molar-refractivity contribution in [3.8, 4) is 5.75 Å². The van der Waals surface area contributed by atoms with Crippen molar-refractivity contribution in [2.75, 3.05) is 33.0 Å². The molecular weight excluding hydrogens is 230 g/mol. The van der Waals surface area contributed by atoms with Crippen molar-refractivity contribution in [2.24, 2.45) is 0 Å². The highest BCUT2D eigenvalue weighted by atomic mass is 16.5. The Balaban J connectivity index is 2.19. The van der Waals surface area contributed by atoms with E-state index in [1.54, 1.807) is 0 Å². The first kappa shape index (κ1) is 15.0. The van der Waals surface area contributed by atoms with Crippen LogP contribution in [0.3, 0.4) is 0 Å². The minimum atomic E-state index is 0.0550. The van der Waals surface area contributed by atoms with Gasteiger partial charge >= 0.3 is 0 Å². The second-order valence-corrected chi connectivity index (χ2v) is 4.01. The molecule has 0 atom stereocenters. The van der Waals surface area contributed by atoms with Crippen LogP contribution in [0.5, 0.6) is 5.75 Å². The molecule has 0 saturated carbocycles. The third kappa shape index (κ3) is 6.59. The third-order valence-electron chi connectivity index (χ3n) is 2.41. The molecule has 0 bridgehead atoms. The Morgan fingerprint density at radius 2 is 1.89 bits per heavy atom. The van der Waals surface area contributed by atoms with Crippen LogP contribution < -0.4 is 10.1 Å². The van der Waals surface area contributed by atoms with E-state index in [0.29, 0.717) is 19.8 Å². The molecule has 0 radical (unpaired) electrons. The summed E-state index contributed by atoms with van der Waals surface area (Å²) in [6, 6.07) is 8.06. The van der Waals surface area contributed by atoms with Crippen LogP contribution in [0.1, 0.15) is 18.9 Å². The fraction of sp³-hybridized carbons (Fsp3) is 0.571. The monoisotopic (exact) mass is 253 g/mol. The largest absolute Gasteiger partial charge is 0.491 e. The van der Waals surface area contributed by atoms with Crippen molar-refractivity contribution in [1.82, 2.24) is 5.32 Å². The molecule has 4 heteroatoms. The zero-order valence-corrected chi connectivity index (χ0v) is 11.0. The predicted molar refractivity (Wildman–Crippen MR) is 71.8 cm³/mol. The quantitative estimate of drug-likeness (QED) is 0.622. The van der Waals surface area contributed by atoms with Crippen LogP contribution in [-0.2, 0) is 11.3 Å². The van der Waals surface area contributed by atoms with Crippen molar-refractivity contribution in [1.29, 1.82) is 0 Å². The lowest BCUT2D eigenvalue weighted by atomic mass is 10.2. The zero-order valence-electron chi connectivity index (χ0n) is 11.0. The molecule has 4 nitrogen and oxygen atoms in total.